The predicted molar refractivity (Wildman–Crippen MR) is 120 cm³/mol. The van der Waals surface area contributed by atoms with E-state index >= 15 is 0 Å². The fourth-order valence-corrected chi connectivity index (χ4v) is 5.22. The highest BCUT2D eigenvalue weighted by Crippen LogP contribution is 2.23. The molecule has 1 amide bonds. The van der Waals surface area contributed by atoms with Gasteiger partial charge in [-0.25, -0.2) is 13.1 Å². The minimum atomic E-state index is -3.98. The van der Waals surface area contributed by atoms with Crippen molar-refractivity contribution in [2.45, 2.75) is 24.5 Å². The first-order chi connectivity index (χ1) is 15.8. The van der Waals surface area contributed by atoms with Gasteiger partial charge in [0.25, 0.3) is 0 Å². The van der Waals surface area contributed by atoms with Crippen LogP contribution in [0.2, 0.25) is 0 Å². The zero-order chi connectivity index (χ0) is 23.6. The lowest BCUT2D eigenvalue weighted by Crippen LogP contribution is -2.42. The zero-order valence-corrected chi connectivity index (χ0v) is 18.7. The Balaban J connectivity index is 1.46. The Morgan fingerprint density at radius 1 is 1.21 bits per heavy atom. The number of rotatable bonds is 8. The number of hydrogen-bond donors (Lipinski definition) is 2. The highest BCUT2D eigenvalue weighted by Gasteiger charge is 2.39. The lowest BCUT2D eigenvalue weighted by Gasteiger charge is -2.17. The van der Waals surface area contributed by atoms with Crippen molar-refractivity contribution in [1.82, 2.24) is 14.6 Å². The van der Waals surface area contributed by atoms with Crippen molar-refractivity contribution in [1.29, 1.82) is 0 Å². The molecule has 0 aliphatic carbocycles. The summed E-state index contributed by atoms with van der Waals surface area (Å²) in [4.78, 5) is 28.2. The van der Waals surface area contributed by atoms with Crippen molar-refractivity contribution in [2.24, 2.45) is 5.92 Å². The van der Waals surface area contributed by atoms with E-state index in [2.05, 4.69) is 9.71 Å². The number of pyridine rings is 1. The Labute approximate surface area is 191 Å². The number of aryl methyl sites for hydroxylation is 1. The number of aliphatic carboxylic acids is 1. The second-order valence-corrected chi connectivity index (χ2v) is 9.65. The second kappa shape index (κ2) is 9.16. The van der Waals surface area contributed by atoms with Crippen molar-refractivity contribution in [3.05, 3.63) is 65.9 Å². The number of ether oxygens (including phenoxy) is 1. The average Bonchev–Trinajstić information content (AvgIpc) is 3.20. The third-order valence-electron chi connectivity index (χ3n) is 5.58. The number of sulfonamides is 1. The molecule has 3 aromatic rings. The first-order valence-corrected chi connectivity index (χ1v) is 11.8. The van der Waals surface area contributed by atoms with Crippen molar-refractivity contribution in [3.8, 4) is 5.75 Å². The van der Waals surface area contributed by atoms with Crippen molar-refractivity contribution in [2.75, 3.05) is 13.1 Å². The molecule has 2 atom stereocenters. The van der Waals surface area contributed by atoms with Crippen LogP contribution in [0.1, 0.15) is 11.3 Å². The van der Waals surface area contributed by atoms with E-state index in [1.165, 1.54) is 17.0 Å². The zero-order valence-electron chi connectivity index (χ0n) is 17.8. The fraction of sp³-hybridized carbons (Fsp3) is 0.261. The Morgan fingerprint density at radius 3 is 2.64 bits per heavy atom. The van der Waals surface area contributed by atoms with Crippen LogP contribution in [0.4, 0.5) is 0 Å². The fourth-order valence-electron chi connectivity index (χ4n) is 3.95. The number of nitrogens with one attached hydrogen (secondary N) is 1. The van der Waals surface area contributed by atoms with Gasteiger partial charge < -0.3 is 14.7 Å². The molecular weight excluding hydrogens is 446 g/mol. The van der Waals surface area contributed by atoms with Gasteiger partial charge in [-0.05, 0) is 43.3 Å². The van der Waals surface area contributed by atoms with Crippen molar-refractivity contribution >= 4 is 33.3 Å². The van der Waals surface area contributed by atoms with Gasteiger partial charge in [-0.1, -0.05) is 18.2 Å². The number of hydrogen-bond acceptors (Lipinski definition) is 6. The van der Waals surface area contributed by atoms with Crippen LogP contribution >= 0.6 is 0 Å². The maximum absolute atomic E-state index is 12.8. The Hall–Kier alpha value is -3.50. The molecule has 0 radical (unpaired) electrons. The highest BCUT2D eigenvalue weighted by atomic mass is 32.2. The number of aromatic nitrogens is 1. The first kappa shape index (κ1) is 22.7. The highest BCUT2D eigenvalue weighted by molar-refractivity contribution is 7.89. The Morgan fingerprint density at radius 2 is 1.94 bits per heavy atom. The van der Waals surface area contributed by atoms with Crippen LogP contribution in [0.5, 0.6) is 5.75 Å². The average molecular weight is 470 g/mol. The lowest BCUT2D eigenvalue weighted by atomic mass is 10.1. The normalized spacial score (nSPS) is 18.4. The number of carboxylic acids is 1. The third-order valence-corrected chi connectivity index (χ3v) is 7.09. The summed E-state index contributed by atoms with van der Waals surface area (Å²) in [5.41, 5.74) is 2.72. The minimum Gasteiger partial charge on any atom is -0.489 e. The summed E-state index contributed by atoms with van der Waals surface area (Å²) in [6, 6.07) is 14.7. The molecule has 1 fully saturated rings. The molecule has 33 heavy (non-hydrogen) atoms. The standard InChI is InChI=1S/C23H23N3O6S/c1-15-10-16(19-4-2-3-5-21(19)24-15)13-32-17-6-8-18(9-7-17)33(30,31)25-22-12-26(14-27)11-20(22)23(28)29/h2-10,14,20,22,25H,11-13H2,1H3,(H,28,29). The van der Waals surface area contributed by atoms with Crippen LogP contribution in [-0.2, 0) is 26.2 Å². The van der Waals surface area contributed by atoms with Gasteiger partial charge in [0.2, 0.25) is 16.4 Å². The van der Waals surface area contributed by atoms with E-state index in [1.54, 1.807) is 12.1 Å². The first-order valence-electron chi connectivity index (χ1n) is 10.3. The summed E-state index contributed by atoms with van der Waals surface area (Å²) in [6.45, 7) is 2.16. The second-order valence-electron chi connectivity index (χ2n) is 7.93. The summed E-state index contributed by atoms with van der Waals surface area (Å²) >= 11 is 0. The SMILES string of the molecule is Cc1cc(COc2ccc(S(=O)(=O)NC3CN(C=O)CC3C(=O)O)cc2)c2ccccc2n1. The molecule has 0 bridgehead atoms. The predicted octanol–water partition coefficient (Wildman–Crippen LogP) is 1.94. The molecule has 2 aromatic carbocycles. The summed E-state index contributed by atoms with van der Waals surface area (Å²) in [5.74, 6) is -1.68. The molecule has 1 aromatic heterocycles. The van der Waals surface area contributed by atoms with Gasteiger partial charge >= 0.3 is 5.97 Å². The van der Waals surface area contributed by atoms with Crippen LogP contribution in [0.3, 0.4) is 0 Å². The number of benzene rings is 2. The summed E-state index contributed by atoms with van der Waals surface area (Å²) in [7, 11) is -3.98. The number of carbonyl (C=O) groups is 2. The van der Waals surface area contributed by atoms with Crippen LogP contribution in [-0.4, -0.2) is 54.9 Å². The van der Waals surface area contributed by atoms with Gasteiger partial charge in [-0.2, -0.15) is 0 Å². The molecule has 172 valence electrons. The molecule has 10 heteroatoms. The Kier molecular flexibility index (Phi) is 6.30. The Bertz CT molecular complexity index is 1290. The number of nitrogens with zero attached hydrogens (tertiary/aromatic N) is 2. The van der Waals surface area contributed by atoms with E-state index < -0.39 is 28.0 Å². The molecule has 0 spiro atoms. The summed E-state index contributed by atoms with van der Waals surface area (Å²) in [6.07, 6.45) is 0.518. The van der Waals surface area contributed by atoms with Gasteiger partial charge in [-0.3, -0.25) is 14.6 Å². The number of fused-ring (bicyclic) bond motifs is 1. The number of para-hydroxylation sites is 1. The number of likely N-dealkylation sites (tertiary alicyclic amines) is 1. The molecule has 0 saturated carbocycles. The van der Waals surface area contributed by atoms with Crippen LogP contribution in [0.15, 0.2) is 59.5 Å². The van der Waals surface area contributed by atoms with E-state index in [9.17, 15) is 23.1 Å². The molecule has 1 aliphatic heterocycles. The van der Waals surface area contributed by atoms with E-state index in [1.807, 2.05) is 37.3 Å². The quantitative estimate of drug-likeness (QED) is 0.483. The maximum Gasteiger partial charge on any atom is 0.310 e. The van der Waals surface area contributed by atoms with Gasteiger partial charge in [0, 0.05) is 29.7 Å². The molecule has 1 aliphatic rings. The van der Waals surface area contributed by atoms with Crippen molar-refractivity contribution in [3.63, 3.8) is 0 Å². The number of carboxylic acid groups (broad SMARTS) is 1. The van der Waals surface area contributed by atoms with E-state index in [0.29, 0.717) is 12.2 Å². The van der Waals surface area contributed by atoms with E-state index in [-0.39, 0.29) is 24.6 Å². The monoisotopic (exact) mass is 469 g/mol. The molecule has 4 rings (SSSR count). The summed E-state index contributed by atoms with van der Waals surface area (Å²) < 4.78 is 33.8. The summed E-state index contributed by atoms with van der Waals surface area (Å²) in [5, 5.41) is 10.3. The van der Waals surface area contributed by atoms with Crippen molar-refractivity contribution < 1.29 is 27.9 Å². The van der Waals surface area contributed by atoms with Crippen LogP contribution in [0.25, 0.3) is 10.9 Å². The third kappa shape index (κ3) is 4.96. The van der Waals surface area contributed by atoms with Crippen LogP contribution < -0.4 is 9.46 Å². The minimum absolute atomic E-state index is 0.000196. The molecule has 1 saturated heterocycles. The lowest BCUT2D eigenvalue weighted by molar-refractivity contribution is -0.141. The van der Waals surface area contributed by atoms with E-state index in [0.717, 1.165) is 22.2 Å². The molecular formula is C23H23N3O6S. The number of carbonyl (C=O) groups excluding carboxylic acids is 1. The molecule has 2 unspecified atom stereocenters. The van der Waals surface area contributed by atoms with Gasteiger partial charge in [0.15, 0.2) is 0 Å². The van der Waals surface area contributed by atoms with E-state index in [4.69, 9.17) is 4.74 Å². The van der Waals surface area contributed by atoms with Gasteiger partial charge in [0.05, 0.1) is 22.4 Å². The topological polar surface area (TPSA) is 126 Å². The molecule has 2 N–H and O–H groups in total. The largest absolute Gasteiger partial charge is 0.489 e. The van der Waals surface area contributed by atoms with Crippen LogP contribution in [0, 0.1) is 12.8 Å². The van der Waals surface area contributed by atoms with Gasteiger partial charge in [0.1, 0.15) is 12.4 Å². The van der Waals surface area contributed by atoms with Gasteiger partial charge in [-0.15, -0.1) is 0 Å². The number of amides is 1. The molecule has 2 heterocycles. The maximum atomic E-state index is 12.8. The molecule has 9 nitrogen and oxygen atoms in total. The smallest absolute Gasteiger partial charge is 0.310 e.